The van der Waals surface area contributed by atoms with E-state index in [0.29, 0.717) is 24.4 Å². The van der Waals surface area contributed by atoms with Gasteiger partial charge < -0.3 is 15.5 Å². The van der Waals surface area contributed by atoms with Crippen LogP contribution in [-0.4, -0.2) is 46.6 Å². The lowest BCUT2D eigenvalue weighted by atomic mass is 10.2. The maximum Gasteiger partial charge on any atom is 0.328 e. The number of nitrogens with zero attached hydrogens (tertiary/aromatic N) is 2. The molecule has 12 heteroatoms. The van der Waals surface area contributed by atoms with Gasteiger partial charge in [-0.3, -0.25) is 0 Å². The Morgan fingerprint density at radius 1 is 1.16 bits per heavy atom. The summed E-state index contributed by atoms with van der Waals surface area (Å²) in [5.74, 6) is -2.96. The van der Waals surface area contributed by atoms with Crippen molar-refractivity contribution in [2.75, 3.05) is 7.05 Å². The lowest BCUT2D eigenvalue weighted by molar-refractivity contribution is -0.134. The second-order valence-corrected chi connectivity index (χ2v) is 8.80. The monoisotopic (exact) mass is 467 g/mol. The van der Waals surface area contributed by atoms with Crippen LogP contribution >= 0.6 is 11.3 Å². The Hall–Kier alpha value is -3.35. The predicted molar refractivity (Wildman–Crippen MR) is 112 cm³/mol. The molecule has 0 atom stereocenters. The van der Waals surface area contributed by atoms with Gasteiger partial charge in [0.05, 0.1) is 11.3 Å². The Bertz CT molecular complexity index is 1170. The van der Waals surface area contributed by atoms with Crippen LogP contribution in [0.3, 0.4) is 0 Å². The smallest absolute Gasteiger partial charge is 0.328 e. The molecule has 0 radical (unpaired) electrons. The minimum atomic E-state index is -3.81. The van der Waals surface area contributed by atoms with Gasteiger partial charge >= 0.3 is 11.9 Å². The van der Waals surface area contributed by atoms with Gasteiger partial charge in [-0.25, -0.2) is 22.9 Å². The van der Waals surface area contributed by atoms with Crippen LogP contribution in [0.4, 0.5) is 4.39 Å². The van der Waals surface area contributed by atoms with E-state index in [1.54, 1.807) is 30.6 Å². The van der Waals surface area contributed by atoms with Crippen LogP contribution in [0.1, 0.15) is 5.69 Å². The molecule has 0 spiro atoms. The molecule has 0 amide bonds. The topological polar surface area (TPSA) is 139 Å². The number of nitrogens with one attached hydrogen (secondary N) is 1. The Kier molecular flexibility index (Phi) is 8.19. The van der Waals surface area contributed by atoms with E-state index in [1.165, 1.54) is 24.4 Å². The first-order valence-corrected chi connectivity index (χ1v) is 10.9. The molecular weight excluding hydrogens is 449 g/mol. The van der Waals surface area contributed by atoms with E-state index in [1.807, 2.05) is 0 Å². The lowest BCUT2D eigenvalue weighted by Gasteiger charge is -2.08. The van der Waals surface area contributed by atoms with Gasteiger partial charge in [0.15, 0.2) is 5.82 Å². The van der Waals surface area contributed by atoms with E-state index in [4.69, 9.17) is 10.2 Å². The fraction of sp³-hybridized carbons (Fsp3) is 0.105. The highest BCUT2D eigenvalue weighted by atomic mass is 32.2. The van der Waals surface area contributed by atoms with E-state index in [9.17, 15) is 22.4 Å². The third-order valence-electron chi connectivity index (χ3n) is 3.57. The fourth-order valence-electron chi connectivity index (χ4n) is 2.33. The standard InChI is InChI=1S/C15H14FN3O2S2.C4H4O4/c1-17-9-11-10-19(23(20,21)14-7-4-8-22-14)15(18-11)12-5-2-3-6-13(12)16;5-3(6)1-2-4(7)8/h2-8,10,17H,9H2,1H3;1-2H,(H,5,6)(H,7,8). The van der Waals surface area contributed by atoms with Crippen molar-refractivity contribution >= 4 is 33.3 Å². The van der Waals surface area contributed by atoms with Gasteiger partial charge in [0.25, 0.3) is 10.0 Å². The highest BCUT2D eigenvalue weighted by molar-refractivity contribution is 7.92. The first-order chi connectivity index (χ1) is 14.7. The minimum Gasteiger partial charge on any atom is -0.478 e. The van der Waals surface area contributed by atoms with Gasteiger partial charge in [0.2, 0.25) is 0 Å². The average Bonchev–Trinajstić information content (AvgIpc) is 3.38. The molecule has 0 bridgehead atoms. The molecule has 0 saturated carbocycles. The van der Waals surface area contributed by atoms with E-state index in [0.717, 1.165) is 15.3 Å². The van der Waals surface area contributed by atoms with Gasteiger partial charge in [-0.1, -0.05) is 18.2 Å². The third kappa shape index (κ3) is 6.31. The highest BCUT2D eigenvalue weighted by Crippen LogP contribution is 2.28. The summed E-state index contributed by atoms with van der Waals surface area (Å²) in [6.07, 6.45) is 2.54. The van der Waals surface area contributed by atoms with E-state index in [2.05, 4.69) is 10.3 Å². The second kappa shape index (κ2) is 10.6. The summed E-state index contributed by atoms with van der Waals surface area (Å²) >= 11 is 1.11. The normalized spacial score (nSPS) is 11.2. The Balaban J connectivity index is 0.000000366. The van der Waals surface area contributed by atoms with Crippen molar-refractivity contribution < 1.29 is 32.6 Å². The summed E-state index contributed by atoms with van der Waals surface area (Å²) in [6, 6.07) is 9.17. The number of aliphatic carboxylic acids is 2. The van der Waals surface area contributed by atoms with E-state index >= 15 is 0 Å². The molecule has 0 saturated heterocycles. The summed E-state index contributed by atoms with van der Waals surface area (Å²) < 4.78 is 41.0. The molecule has 3 aromatic rings. The summed E-state index contributed by atoms with van der Waals surface area (Å²) in [7, 11) is -2.08. The molecule has 1 aromatic carbocycles. The largest absolute Gasteiger partial charge is 0.478 e. The number of carboxylic acids is 2. The number of carboxylic acid groups (broad SMARTS) is 2. The Morgan fingerprint density at radius 2 is 1.81 bits per heavy atom. The number of aromatic nitrogens is 2. The molecule has 164 valence electrons. The summed E-state index contributed by atoms with van der Waals surface area (Å²) in [4.78, 5) is 23.4. The van der Waals surface area contributed by atoms with Gasteiger partial charge in [-0.2, -0.15) is 8.42 Å². The molecule has 0 aliphatic heterocycles. The van der Waals surface area contributed by atoms with Gasteiger partial charge in [0.1, 0.15) is 10.0 Å². The van der Waals surface area contributed by atoms with E-state index < -0.39 is 27.8 Å². The van der Waals surface area contributed by atoms with Crippen molar-refractivity contribution in [2.24, 2.45) is 0 Å². The SMILES string of the molecule is CNCc1cn(S(=O)(=O)c2cccs2)c(-c2ccccc2F)n1.O=C(O)C=CC(=O)O. The molecule has 0 unspecified atom stereocenters. The number of rotatable bonds is 7. The number of benzene rings is 1. The first kappa shape index (κ1) is 23.9. The number of imidazole rings is 1. The maximum absolute atomic E-state index is 14.1. The summed E-state index contributed by atoms with van der Waals surface area (Å²) in [5, 5.41) is 20.2. The van der Waals surface area contributed by atoms with Crippen LogP contribution in [0.25, 0.3) is 11.4 Å². The second-order valence-electron chi connectivity index (χ2n) is 5.81. The molecule has 0 fully saturated rings. The average molecular weight is 468 g/mol. The van der Waals surface area contributed by atoms with Crippen LogP contribution in [0.5, 0.6) is 0 Å². The molecule has 2 aromatic heterocycles. The fourth-order valence-corrected chi connectivity index (χ4v) is 4.75. The summed E-state index contributed by atoms with van der Waals surface area (Å²) in [5.41, 5.74) is 0.667. The minimum absolute atomic E-state index is 0.0711. The number of halogens is 1. The molecule has 0 aliphatic rings. The van der Waals surface area contributed by atoms with Crippen LogP contribution < -0.4 is 5.32 Å². The molecule has 2 heterocycles. The highest BCUT2D eigenvalue weighted by Gasteiger charge is 2.25. The van der Waals surface area contributed by atoms with Crippen molar-refractivity contribution in [3.05, 3.63) is 71.6 Å². The van der Waals surface area contributed by atoms with Crippen LogP contribution in [0, 0.1) is 5.82 Å². The molecule has 31 heavy (non-hydrogen) atoms. The summed E-state index contributed by atoms with van der Waals surface area (Å²) in [6.45, 7) is 0.383. The van der Waals surface area contributed by atoms with Crippen LogP contribution in [-0.2, 0) is 26.2 Å². The van der Waals surface area contributed by atoms with Gasteiger partial charge in [0, 0.05) is 24.9 Å². The zero-order valence-electron chi connectivity index (χ0n) is 16.1. The zero-order chi connectivity index (χ0) is 23.0. The van der Waals surface area contributed by atoms with Gasteiger partial charge in [-0.05, 0) is 30.6 Å². The first-order valence-electron chi connectivity index (χ1n) is 8.57. The molecular formula is C19H18FN3O6S2. The molecule has 3 rings (SSSR count). The van der Waals surface area contributed by atoms with Crippen molar-refractivity contribution in [3.8, 4) is 11.4 Å². The predicted octanol–water partition coefficient (Wildman–Crippen LogP) is 2.42. The number of hydrogen-bond acceptors (Lipinski definition) is 7. The number of hydrogen-bond donors (Lipinski definition) is 3. The quantitative estimate of drug-likeness (QED) is 0.450. The lowest BCUT2D eigenvalue weighted by Crippen LogP contribution is -2.12. The Morgan fingerprint density at radius 3 is 2.32 bits per heavy atom. The number of carbonyl (C=O) groups is 2. The third-order valence-corrected chi connectivity index (χ3v) is 6.60. The Labute approximate surface area is 181 Å². The van der Waals surface area contributed by atoms with E-state index in [-0.39, 0.29) is 15.6 Å². The number of thiophene rings is 1. The van der Waals surface area contributed by atoms with Gasteiger partial charge in [-0.15, -0.1) is 11.3 Å². The van der Waals surface area contributed by atoms with Crippen molar-refractivity contribution in [1.82, 2.24) is 14.3 Å². The van der Waals surface area contributed by atoms with Crippen molar-refractivity contribution in [3.63, 3.8) is 0 Å². The van der Waals surface area contributed by atoms with Crippen LogP contribution in [0.15, 0.2) is 64.3 Å². The zero-order valence-corrected chi connectivity index (χ0v) is 17.7. The molecule has 3 N–H and O–H groups in total. The maximum atomic E-state index is 14.1. The molecule has 9 nitrogen and oxygen atoms in total. The van der Waals surface area contributed by atoms with Crippen LogP contribution in [0.2, 0.25) is 0 Å². The van der Waals surface area contributed by atoms with Crippen molar-refractivity contribution in [2.45, 2.75) is 10.8 Å². The van der Waals surface area contributed by atoms with Crippen molar-refractivity contribution in [1.29, 1.82) is 0 Å². The molecule has 0 aliphatic carbocycles.